The van der Waals surface area contributed by atoms with Crippen molar-refractivity contribution in [3.63, 3.8) is 0 Å². The lowest BCUT2D eigenvalue weighted by Gasteiger charge is -2.36. The zero-order valence-corrected chi connectivity index (χ0v) is 17.4. The van der Waals surface area contributed by atoms with Crippen molar-refractivity contribution in [3.8, 4) is 0 Å². The van der Waals surface area contributed by atoms with E-state index in [1.807, 2.05) is 4.90 Å². The highest BCUT2D eigenvalue weighted by Gasteiger charge is 2.27. The molecule has 1 saturated heterocycles. The van der Waals surface area contributed by atoms with Gasteiger partial charge in [-0.3, -0.25) is 4.79 Å². The molecule has 4 rings (SSSR count). The molecule has 0 radical (unpaired) electrons. The van der Waals surface area contributed by atoms with Crippen molar-refractivity contribution in [1.82, 2.24) is 9.80 Å². The summed E-state index contributed by atoms with van der Waals surface area (Å²) in [7, 11) is -3.47. The van der Waals surface area contributed by atoms with Crippen LogP contribution in [0.3, 0.4) is 0 Å². The molecule has 1 amide bonds. The predicted molar refractivity (Wildman–Crippen MR) is 111 cm³/mol. The molecular formula is C20H21FN4O5S. The van der Waals surface area contributed by atoms with Gasteiger partial charge in [-0.2, -0.15) is 0 Å². The maximum absolute atomic E-state index is 13.9. The van der Waals surface area contributed by atoms with E-state index in [0.29, 0.717) is 31.9 Å². The Balaban J connectivity index is 1.28. The van der Waals surface area contributed by atoms with Gasteiger partial charge >= 0.3 is 5.97 Å². The first-order valence-corrected chi connectivity index (χ1v) is 11.4. The zero-order valence-electron chi connectivity index (χ0n) is 16.6. The van der Waals surface area contributed by atoms with E-state index in [-0.39, 0.29) is 35.4 Å². The number of sulfonamides is 1. The van der Waals surface area contributed by atoms with Crippen LogP contribution >= 0.6 is 0 Å². The molecule has 11 heteroatoms. The number of amidine groups is 1. The number of piperazine rings is 1. The van der Waals surface area contributed by atoms with Crippen LogP contribution in [0.1, 0.15) is 0 Å². The fourth-order valence-electron chi connectivity index (χ4n) is 3.53. The summed E-state index contributed by atoms with van der Waals surface area (Å²) in [6, 6.07) is 6.50. The van der Waals surface area contributed by atoms with Crippen molar-refractivity contribution >= 4 is 33.4 Å². The molecule has 1 aromatic rings. The molecule has 9 nitrogen and oxygen atoms in total. The minimum atomic E-state index is -3.47. The number of hydrogen-bond acceptors (Lipinski definition) is 7. The second-order valence-electron chi connectivity index (χ2n) is 7.24. The van der Waals surface area contributed by atoms with Crippen molar-refractivity contribution in [1.29, 1.82) is 0 Å². The number of nitrogens with zero attached hydrogens (tertiary/aromatic N) is 4. The summed E-state index contributed by atoms with van der Waals surface area (Å²) >= 11 is 0. The Labute approximate surface area is 179 Å². The number of benzene rings is 1. The lowest BCUT2D eigenvalue weighted by molar-refractivity contribution is -0.148. The van der Waals surface area contributed by atoms with E-state index >= 15 is 0 Å². The second-order valence-corrected chi connectivity index (χ2v) is 9.00. The maximum atomic E-state index is 13.9. The van der Waals surface area contributed by atoms with Crippen LogP contribution in [0.2, 0.25) is 0 Å². The van der Waals surface area contributed by atoms with Crippen LogP contribution in [0.15, 0.2) is 52.6 Å². The summed E-state index contributed by atoms with van der Waals surface area (Å²) in [6.45, 7) is 1.54. The minimum Gasteiger partial charge on any atom is -0.452 e. The van der Waals surface area contributed by atoms with Crippen molar-refractivity contribution in [2.24, 2.45) is 4.40 Å². The number of halogens is 1. The van der Waals surface area contributed by atoms with Gasteiger partial charge in [0.05, 0.1) is 17.0 Å². The van der Waals surface area contributed by atoms with Gasteiger partial charge in [0.1, 0.15) is 11.7 Å². The molecule has 0 aromatic heterocycles. The van der Waals surface area contributed by atoms with Gasteiger partial charge in [-0.1, -0.05) is 12.1 Å². The molecule has 0 unspecified atom stereocenters. The molecule has 3 heterocycles. The first-order chi connectivity index (χ1) is 14.8. The molecule has 3 aliphatic rings. The molecule has 0 bridgehead atoms. The first kappa shape index (κ1) is 21.0. The van der Waals surface area contributed by atoms with E-state index in [1.54, 1.807) is 28.0 Å². The minimum absolute atomic E-state index is 0.138. The lowest BCUT2D eigenvalue weighted by atomic mass is 10.2. The van der Waals surface area contributed by atoms with Gasteiger partial charge in [0, 0.05) is 38.9 Å². The maximum Gasteiger partial charge on any atom is 0.340 e. The van der Waals surface area contributed by atoms with Crippen LogP contribution in [0, 0.1) is 5.82 Å². The quantitative estimate of drug-likeness (QED) is 0.619. The van der Waals surface area contributed by atoms with Crippen LogP contribution in [-0.2, 0) is 24.3 Å². The number of carbonyl (C=O) groups is 2. The van der Waals surface area contributed by atoms with E-state index < -0.39 is 22.6 Å². The normalized spacial score (nSPS) is 20.0. The van der Waals surface area contributed by atoms with E-state index in [1.165, 1.54) is 24.4 Å². The van der Waals surface area contributed by atoms with Gasteiger partial charge in [0.15, 0.2) is 6.61 Å². The van der Waals surface area contributed by atoms with Crippen molar-refractivity contribution in [3.05, 3.63) is 54.0 Å². The Kier molecular flexibility index (Phi) is 5.77. The van der Waals surface area contributed by atoms with E-state index in [2.05, 4.69) is 4.40 Å². The highest BCUT2D eigenvalue weighted by molar-refractivity contribution is 7.90. The van der Waals surface area contributed by atoms with E-state index in [0.717, 1.165) is 0 Å². The first-order valence-electron chi connectivity index (χ1n) is 9.76. The topological polar surface area (TPSA) is 99.6 Å². The SMILES string of the molecule is O=C(OCC(=O)N1CCN(c2ccccc2F)CC1)C1=CN2CCS(=O)(=O)N=C2C=C1. The standard InChI is InChI=1S/C20H21FN4O5S/c21-16-3-1-2-4-17(16)23-7-9-24(10-8-23)19(26)14-30-20(27)15-5-6-18-22-31(28,29)12-11-25(18)13-15/h1-6,13H,7-12,14H2. The number of ether oxygens (including phenoxy) is 1. The van der Waals surface area contributed by atoms with Crippen molar-refractivity contribution in [2.75, 3.05) is 50.0 Å². The number of anilines is 1. The summed E-state index contributed by atoms with van der Waals surface area (Å²) in [6.07, 6.45) is 4.31. The third-order valence-electron chi connectivity index (χ3n) is 5.21. The summed E-state index contributed by atoms with van der Waals surface area (Å²) in [5.74, 6) is -1.20. The van der Waals surface area contributed by atoms with Crippen LogP contribution in [0.4, 0.5) is 10.1 Å². The molecule has 1 fully saturated rings. The second kappa shape index (κ2) is 8.50. The molecular weight excluding hydrogens is 427 g/mol. The Morgan fingerprint density at radius 3 is 2.55 bits per heavy atom. The fourth-order valence-corrected chi connectivity index (χ4v) is 4.50. The third kappa shape index (κ3) is 4.76. The number of hydrogen-bond donors (Lipinski definition) is 0. The average molecular weight is 448 g/mol. The summed E-state index contributed by atoms with van der Waals surface area (Å²) in [5, 5.41) is 0. The monoisotopic (exact) mass is 448 g/mol. The predicted octanol–water partition coefficient (Wildman–Crippen LogP) is 0.515. The highest BCUT2D eigenvalue weighted by atomic mass is 32.2. The average Bonchev–Trinajstić information content (AvgIpc) is 2.77. The summed E-state index contributed by atoms with van der Waals surface area (Å²) in [4.78, 5) is 29.7. The number of amides is 1. The smallest absolute Gasteiger partial charge is 0.340 e. The van der Waals surface area contributed by atoms with Crippen LogP contribution in [0.5, 0.6) is 0 Å². The van der Waals surface area contributed by atoms with Gasteiger partial charge < -0.3 is 19.4 Å². The number of rotatable bonds is 4. The molecule has 31 heavy (non-hydrogen) atoms. The third-order valence-corrected chi connectivity index (χ3v) is 6.38. The zero-order chi connectivity index (χ0) is 22.0. The Bertz CT molecular complexity index is 1090. The molecule has 0 aliphatic carbocycles. The molecule has 1 aromatic carbocycles. The summed E-state index contributed by atoms with van der Waals surface area (Å²) in [5.41, 5.74) is 0.709. The molecule has 0 atom stereocenters. The molecule has 164 valence electrons. The summed E-state index contributed by atoms with van der Waals surface area (Å²) < 4.78 is 45.8. The van der Waals surface area contributed by atoms with Crippen LogP contribution in [0.25, 0.3) is 0 Å². The Morgan fingerprint density at radius 2 is 1.81 bits per heavy atom. The Morgan fingerprint density at radius 1 is 1.06 bits per heavy atom. The van der Waals surface area contributed by atoms with Gasteiger partial charge in [-0.25, -0.2) is 17.6 Å². The fraction of sp³-hybridized carbons (Fsp3) is 0.350. The lowest BCUT2D eigenvalue weighted by Crippen LogP contribution is -2.50. The van der Waals surface area contributed by atoms with E-state index in [4.69, 9.17) is 4.74 Å². The molecule has 3 aliphatic heterocycles. The molecule has 0 N–H and O–H groups in total. The van der Waals surface area contributed by atoms with E-state index in [9.17, 15) is 22.4 Å². The largest absolute Gasteiger partial charge is 0.452 e. The van der Waals surface area contributed by atoms with Gasteiger partial charge in [-0.15, -0.1) is 4.40 Å². The van der Waals surface area contributed by atoms with Gasteiger partial charge in [0.25, 0.3) is 15.9 Å². The number of fused-ring (bicyclic) bond motifs is 1. The van der Waals surface area contributed by atoms with Crippen molar-refractivity contribution in [2.45, 2.75) is 0 Å². The van der Waals surface area contributed by atoms with Gasteiger partial charge in [-0.05, 0) is 24.3 Å². The molecule has 0 spiro atoms. The number of para-hydroxylation sites is 1. The van der Waals surface area contributed by atoms with Gasteiger partial charge in [0.2, 0.25) is 0 Å². The number of esters is 1. The number of carbonyl (C=O) groups excluding carboxylic acids is 2. The van der Waals surface area contributed by atoms with Crippen LogP contribution in [-0.4, -0.2) is 81.0 Å². The van der Waals surface area contributed by atoms with Crippen LogP contribution < -0.4 is 4.90 Å². The molecule has 0 saturated carbocycles. The van der Waals surface area contributed by atoms with Crippen molar-refractivity contribution < 1.29 is 27.1 Å². The highest BCUT2D eigenvalue weighted by Crippen LogP contribution is 2.20. The Hall–Kier alpha value is -3.21.